The fraction of sp³-hybridized carbons (Fsp3) is 0.462. The molecular weight excluding hydrogens is 232 g/mol. The van der Waals surface area contributed by atoms with Crippen LogP contribution in [-0.4, -0.2) is 49.3 Å². The Bertz CT molecular complexity index is 421. The summed E-state index contributed by atoms with van der Waals surface area (Å²) < 4.78 is 4.92. The molecule has 0 saturated heterocycles. The number of aryl methyl sites for hydroxylation is 1. The number of likely N-dealkylation sites (N-methyl/N-ethyl adjacent to an activating group) is 1. The second kappa shape index (κ2) is 6.37. The van der Waals surface area contributed by atoms with Gasteiger partial charge in [0.2, 0.25) is 0 Å². The van der Waals surface area contributed by atoms with Crippen molar-refractivity contribution in [3.8, 4) is 5.75 Å². The average Bonchev–Trinajstić information content (AvgIpc) is 2.32. The Balaban J connectivity index is 2.71. The third kappa shape index (κ3) is 3.72. The molecule has 0 radical (unpaired) electrons. The molecule has 1 aromatic rings. The molecule has 18 heavy (non-hydrogen) atoms. The summed E-state index contributed by atoms with van der Waals surface area (Å²) >= 11 is 0. The molecule has 1 amide bonds. The average molecular weight is 252 g/mol. The SMILES string of the molecule is COCC(N)CN(C)C(=O)c1ccc(C)c(O)c1. The van der Waals surface area contributed by atoms with Gasteiger partial charge in [-0.25, -0.2) is 0 Å². The maximum absolute atomic E-state index is 12.1. The molecule has 0 heterocycles. The standard InChI is InChI=1S/C13H20N2O3/c1-9-4-5-10(6-12(9)16)13(17)15(2)7-11(14)8-18-3/h4-6,11,16H,7-8,14H2,1-3H3. The Morgan fingerprint density at radius 2 is 2.22 bits per heavy atom. The number of carbonyl (C=O) groups is 1. The van der Waals surface area contributed by atoms with Gasteiger partial charge in [0.05, 0.1) is 6.61 Å². The molecule has 0 aliphatic heterocycles. The van der Waals surface area contributed by atoms with E-state index in [1.165, 1.54) is 11.0 Å². The first kappa shape index (κ1) is 14.5. The van der Waals surface area contributed by atoms with E-state index in [9.17, 15) is 9.90 Å². The molecule has 100 valence electrons. The van der Waals surface area contributed by atoms with E-state index in [1.807, 2.05) is 0 Å². The fourth-order valence-corrected chi connectivity index (χ4v) is 1.66. The summed E-state index contributed by atoms with van der Waals surface area (Å²) in [6, 6.07) is 4.65. The van der Waals surface area contributed by atoms with Crippen molar-refractivity contribution < 1.29 is 14.6 Å². The lowest BCUT2D eigenvalue weighted by Gasteiger charge is -2.21. The summed E-state index contributed by atoms with van der Waals surface area (Å²) in [7, 11) is 3.24. The van der Waals surface area contributed by atoms with Crippen molar-refractivity contribution in [3.05, 3.63) is 29.3 Å². The molecule has 0 bridgehead atoms. The number of carbonyl (C=O) groups excluding carboxylic acids is 1. The summed E-state index contributed by atoms with van der Waals surface area (Å²) in [5.41, 5.74) is 6.98. The van der Waals surface area contributed by atoms with E-state index in [4.69, 9.17) is 10.5 Å². The van der Waals surface area contributed by atoms with Crippen LogP contribution in [-0.2, 0) is 4.74 Å². The van der Waals surface area contributed by atoms with E-state index in [0.717, 1.165) is 5.56 Å². The Kier molecular flexibility index (Phi) is 5.12. The number of rotatable bonds is 5. The molecule has 0 aromatic heterocycles. The second-order valence-corrected chi connectivity index (χ2v) is 4.40. The number of hydrogen-bond donors (Lipinski definition) is 2. The highest BCUT2D eigenvalue weighted by Gasteiger charge is 2.15. The number of ether oxygens (including phenoxy) is 1. The third-order valence-corrected chi connectivity index (χ3v) is 2.69. The van der Waals surface area contributed by atoms with Crippen LogP contribution in [0.2, 0.25) is 0 Å². The van der Waals surface area contributed by atoms with Gasteiger partial charge >= 0.3 is 0 Å². The molecule has 1 aromatic carbocycles. The van der Waals surface area contributed by atoms with Crippen LogP contribution in [0.4, 0.5) is 0 Å². The van der Waals surface area contributed by atoms with Crippen molar-refractivity contribution in [3.63, 3.8) is 0 Å². The Hall–Kier alpha value is -1.59. The zero-order valence-corrected chi connectivity index (χ0v) is 11.0. The summed E-state index contributed by atoms with van der Waals surface area (Å²) in [4.78, 5) is 13.6. The number of hydrogen-bond acceptors (Lipinski definition) is 4. The monoisotopic (exact) mass is 252 g/mol. The number of methoxy groups -OCH3 is 1. The number of aromatic hydroxyl groups is 1. The normalized spacial score (nSPS) is 12.2. The Morgan fingerprint density at radius 1 is 1.56 bits per heavy atom. The van der Waals surface area contributed by atoms with Crippen molar-refractivity contribution in [1.82, 2.24) is 4.90 Å². The van der Waals surface area contributed by atoms with Crippen LogP contribution in [0.5, 0.6) is 5.75 Å². The highest BCUT2D eigenvalue weighted by molar-refractivity contribution is 5.94. The largest absolute Gasteiger partial charge is 0.508 e. The quantitative estimate of drug-likeness (QED) is 0.810. The topological polar surface area (TPSA) is 75.8 Å². The first-order valence-corrected chi connectivity index (χ1v) is 5.75. The van der Waals surface area contributed by atoms with Crippen LogP contribution in [0.3, 0.4) is 0 Å². The van der Waals surface area contributed by atoms with E-state index >= 15 is 0 Å². The van der Waals surface area contributed by atoms with Crippen LogP contribution in [0.15, 0.2) is 18.2 Å². The number of benzene rings is 1. The van der Waals surface area contributed by atoms with Crippen LogP contribution in [0.25, 0.3) is 0 Å². The lowest BCUT2D eigenvalue weighted by molar-refractivity contribution is 0.0764. The molecular formula is C13H20N2O3. The highest BCUT2D eigenvalue weighted by atomic mass is 16.5. The van der Waals surface area contributed by atoms with Gasteiger partial charge in [0.25, 0.3) is 5.91 Å². The summed E-state index contributed by atoms with van der Waals surface area (Å²) in [5, 5.41) is 9.58. The third-order valence-electron chi connectivity index (χ3n) is 2.69. The molecule has 5 nitrogen and oxygen atoms in total. The van der Waals surface area contributed by atoms with E-state index in [2.05, 4.69) is 0 Å². The van der Waals surface area contributed by atoms with E-state index in [1.54, 1.807) is 33.2 Å². The minimum Gasteiger partial charge on any atom is -0.508 e. The predicted octanol–water partition coefficient (Wildman–Crippen LogP) is 0.746. The summed E-state index contributed by atoms with van der Waals surface area (Å²) in [6.07, 6.45) is 0. The Morgan fingerprint density at radius 3 is 2.78 bits per heavy atom. The molecule has 0 spiro atoms. The van der Waals surface area contributed by atoms with Crippen LogP contribution in [0, 0.1) is 6.92 Å². The Labute approximate surface area is 107 Å². The number of nitrogens with two attached hydrogens (primary N) is 1. The lowest BCUT2D eigenvalue weighted by atomic mass is 10.1. The summed E-state index contributed by atoms with van der Waals surface area (Å²) in [5.74, 6) is -0.0488. The lowest BCUT2D eigenvalue weighted by Crippen LogP contribution is -2.41. The smallest absolute Gasteiger partial charge is 0.253 e. The molecule has 0 aliphatic carbocycles. The number of amides is 1. The second-order valence-electron chi connectivity index (χ2n) is 4.40. The van der Waals surface area contributed by atoms with Crippen LogP contribution in [0.1, 0.15) is 15.9 Å². The van der Waals surface area contributed by atoms with E-state index < -0.39 is 0 Å². The zero-order chi connectivity index (χ0) is 13.7. The van der Waals surface area contributed by atoms with Crippen LogP contribution >= 0.6 is 0 Å². The maximum Gasteiger partial charge on any atom is 0.253 e. The van der Waals surface area contributed by atoms with Gasteiger partial charge in [-0.15, -0.1) is 0 Å². The van der Waals surface area contributed by atoms with E-state index in [-0.39, 0.29) is 17.7 Å². The van der Waals surface area contributed by atoms with Gasteiger partial charge in [0, 0.05) is 32.3 Å². The first-order valence-electron chi connectivity index (χ1n) is 5.75. The predicted molar refractivity (Wildman–Crippen MR) is 69.7 cm³/mol. The van der Waals surface area contributed by atoms with Crippen molar-refractivity contribution in [2.75, 3.05) is 27.3 Å². The van der Waals surface area contributed by atoms with Crippen molar-refractivity contribution in [2.45, 2.75) is 13.0 Å². The van der Waals surface area contributed by atoms with Gasteiger partial charge < -0.3 is 20.5 Å². The van der Waals surface area contributed by atoms with Gasteiger partial charge in [0.15, 0.2) is 0 Å². The van der Waals surface area contributed by atoms with Crippen molar-refractivity contribution in [1.29, 1.82) is 0 Å². The molecule has 1 rings (SSSR count). The van der Waals surface area contributed by atoms with Crippen molar-refractivity contribution in [2.24, 2.45) is 5.73 Å². The maximum atomic E-state index is 12.1. The number of phenols is 1. The van der Waals surface area contributed by atoms with Crippen molar-refractivity contribution >= 4 is 5.91 Å². The molecule has 0 fully saturated rings. The minimum absolute atomic E-state index is 0.121. The fourth-order valence-electron chi connectivity index (χ4n) is 1.66. The molecule has 5 heteroatoms. The number of nitrogens with zero attached hydrogens (tertiary/aromatic N) is 1. The van der Waals surface area contributed by atoms with E-state index in [0.29, 0.717) is 18.7 Å². The van der Waals surface area contributed by atoms with Gasteiger partial charge in [-0.3, -0.25) is 4.79 Å². The highest BCUT2D eigenvalue weighted by Crippen LogP contribution is 2.18. The molecule has 3 N–H and O–H groups in total. The van der Waals surface area contributed by atoms with Gasteiger partial charge in [-0.1, -0.05) is 6.07 Å². The molecule has 1 unspecified atom stereocenters. The zero-order valence-electron chi connectivity index (χ0n) is 11.0. The van der Waals surface area contributed by atoms with Gasteiger partial charge in [-0.2, -0.15) is 0 Å². The van der Waals surface area contributed by atoms with Gasteiger partial charge in [0.1, 0.15) is 5.75 Å². The molecule has 1 atom stereocenters. The molecule has 0 aliphatic rings. The number of phenolic OH excluding ortho intramolecular Hbond substituents is 1. The molecule has 0 saturated carbocycles. The van der Waals surface area contributed by atoms with Gasteiger partial charge in [-0.05, 0) is 24.6 Å². The summed E-state index contributed by atoms with van der Waals surface area (Å²) in [6.45, 7) is 2.58. The first-order chi connectivity index (χ1) is 8.45. The minimum atomic E-state index is -0.219. The van der Waals surface area contributed by atoms with Crippen LogP contribution < -0.4 is 5.73 Å².